The standard InChI is InChI=1S/C13H15BrN2/c1-10(2)16-7-6-15-13(16)9-11-4-3-5-12(14)8-11/h3-8,10H,9H2,1-2H3. The van der Waals surface area contributed by atoms with Gasteiger partial charge < -0.3 is 4.57 Å². The van der Waals surface area contributed by atoms with E-state index in [2.05, 4.69) is 57.5 Å². The molecule has 84 valence electrons. The maximum absolute atomic E-state index is 4.41. The number of imidazole rings is 1. The third kappa shape index (κ3) is 2.53. The second-order valence-electron chi connectivity index (χ2n) is 4.15. The molecule has 0 unspecified atom stereocenters. The van der Waals surface area contributed by atoms with Gasteiger partial charge >= 0.3 is 0 Å². The molecule has 0 aliphatic rings. The van der Waals surface area contributed by atoms with Gasteiger partial charge in [0.25, 0.3) is 0 Å². The number of rotatable bonds is 3. The van der Waals surface area contributed by atoms with Gasteiger partial charge in [0, 0.05) is 29.3 Å². The van der Waals surface area contributed by atoms with E-state index in [-0.39, 0.29) is 0 Å². The first kappa shape index (κ1) is 11.4. The van der Waals surface area contributed by atoms with Crippen LogP contribution in [0.5, 0.6) is 0 Å². The fourth-order valence-electron chi connectivity index (χ4n) is 1.78. The lowest BCUT2D eigenvalue weighted by Crippen LogP contribution is -2.05. The van der Waals surface area contributed by atoms with Crippen LogP contribution in [0.25, 0.3) is 0 Å². The van der Waals surface area contributed by atoms with Crippen LogP contribution in [0, 0.1) is 0 Å². The van der Waals surface area contributed by atoms with Crippen molar-refractivity contribution in [2.24, 2.45) is 0 Å². The maximum atomic E-state index is 4.41. The Morgan fingerprint density at radius 3 is 2.88 bits per heavy atom. The predicted octanol–water partition coefficient (Wildman–Crippen LogP) is 3.82. The van der Waals surface area contributed by atoms with Gasteiger partial charge in [-0.1, -0.05) is 28.1 Å². The summed E-state index contributed by atoms with van der Waals surface area (Å²) in [4.78, 5) is 4.41. The topological polar surface area (TPSA) is 17.8 Å². The fraction of sp³-hybridized carbons (Fsp3) is 0.308. The van der Waals surface area contributed by atoms with E-state index in [1.807, 2.05) is 18.5 Å². The molecule has 2 aromatic rings. The molecule has 1 heterocycles. The molecule has 0 saturated heterocycles. The lowest BCUT2D eigenvalue weighted by molar-refractivity contribution is 0.574. The zero-order valence-corrected chi connectivity index (χ0v) is 11.1. The number of halogens is 1. The lowest BCUT2D eigenvalue weighted by Gasteiger charge is -2.11. The minimum absolute atomic E-state index is 0.463. The summed E-state index contributed by atoms with van der Waals surface area (Å²) in [7, 11) is 0. The molecule has 0 radical (unpaired) electrons. The van der Waals surface area contributed by atoms with E-state index in [1.165, 1.54) is 5.56 Å². The Morgan fingerprint density at radius 1 is 1.38 bits per heavy atom. The van der Waals surface area contributed by atoms with Gasteiger partial charge in [-0.15, -0.1) is 0 Å². The van der Waals surface area contributed by atoms with Crippen molar-refractivity contribution in [1.29, 1.82) is 0 Å². The lowest BCUT2D eigenvalue weighted by atomic mass is 10.1. The summed E-state index contributed by atoms with van der Waals surface area (Å²) in [5.74, 6) is 1.12. The van der Waals surface area contributed by atoms with Gasteiger partial charge in [-0.2, -0.15) is 0 Å². The highest BCUT2D eigenvalue weighted by atomic mass is 79.9. The molecule has 0 bridgehead atoms. The summed E-state index contributed by atoms with van der Waals surface area (Å²) in [5.41, 5.74) is 1.28. The van der Waals surface area contributed by atoms with E-state index in [4.69, 9.17) is 0 Å². The van der Waals surface area contributed by atoms with Gasteiger partial charge in [-0.25, -0.2) is 4.98 Å². The molecule has 0 aliphatic heterocycles. The summed E-state index contributed by atoms with van der Waals surface area (Å²) in [6.45, 7) is 4.35. The van der Waals surface area contributed by atoms with Crippen molar-refractivity contribution in [2.45, 2.75) is 26.3 Å². The molecule has 3 heteroatoms. The number of benzene rings is 1. The zero-order chi connectivity index (χ0) is 11.5. The van der Waals surface area contributed by atoms with E-state index in [0.29, 0.717) is 6.04 Å². The Hall–Kier alpha value is -1.09. The summed E-state index contributed by atoms with van der Waals surface area (Å²) in [6.07, 6.45) is 4.79. The van der Waals surface area contributed by atoms with Crippen molar-refractivity contribution in [3.8, 4) is 0 Å². The molecule has 2 nitrogen and oxygen atoms in total. The van der Waals surface area contributed by atoms with Crippen LogP contribution in [0.4, 0.5) is 0 Å². The molecule has 2 rings (SSSR count). The Morgan fingerprint density at radius 2 is 2.19 bits per heavy atom. The van der Waals surface area contributed by atoms with Gasteiger partial charge in [-0.05, 0) is 31.5 Å². The van der Waals surface area contributed by atoms with Crippen molar-refractivity contribution in [3.63, 3.8) is 0 Å². The molecule has 0 aliphatic carbocycles. The Balaban J connectivity index is 2.24. The van der Waals surface area contributed by atoms with E-state index in [0.717, 1.165) is 16.7 Å². The van der Waals surface area contributed by atoms with Crippen LogP contribution in [-0.2, 0) is 6.42 Å². The second-order valence-corrected chi connectivity index (χ2v) is 5.07. The summed E-state index contributed by atoms with van der Waals surface area (Å²) in [6, 6.07) is 8.83. The van der Waals surface area contributed by atoms with Gasteiger partial charge in [0.1, 0.15) is 5.82 Å². The van der Waals surface area contributed by atoms with Crippen LogP contribution in [0.15, 0.2) is 41.1 Å². The minimum atomic E-state index is 0.463. The molecule has 0 N–H and O–H groups in total. The van der Waals surface area contributed by atoms with Crippen LogP contribution in [0.1, 0.15) is 31.3 Å². The van der Waals surface area contributed by atoms with Gasteiger partial charge in [0.15, 0.2) is 0 Å². The second kappa shape index (κ2) is 4.83. The maximum Gasteiger partial charge on any atom is 0.113 e. The van der Waals surface area contributed by atoms with E-state index in [1.54, 1.807) is 0 Å². The Labute approximate surface area is 104 Å². The largest absolute Gasteiger partial charge is 0.332 e. The third-order valence-electron chi connectivity index (χ3n) is 2.56. The smallest absolute Gasteiger partial charge is 0.113 e. The van der Waals surface area contributed by atoms with Crippen LogP contribution >= 0.6 is 15.9 Å². The molecule has 1 aromatic carbocycles. The van der Waals surface area contributed by atoms with Crippen molar-refractivity contribution in [2.75, 3.05) is 0 Å². The molecule has 0 saturated carbocycles. The van der Waals surface area contributed by atoms with Crippen LogP contribution in [0.3, 0.4) is 0 Å². The summed E-state index contributed by atoms with van der Waals surface area (Å²) < 4.78 is 3.33. The fourth-order valence-corrected chi connectivity index (χ4v) is 2.23. The van der Waals surface area contributed by atoms with Crippen molar-refractivity contribution >= 4 is 15.9 Å². The van der Waals surface area contributed by atoms with Gasteiger partial charge in [-0.3, -0.25) is 0 Å². The first-order chi connectivity index (χ1) is 7.66. The predicted molar refractivity (Wildman–Crippen MR) is 69.6 cm³/mol. The first-order valence-electron chi connectivity index (χ1n) is 5.43. The minimum Gasteiger partial charge on any atom is -0.332 e. The molecule has 0 amide bonds. The number of hydrogen-bond acceptors (Lipinski definition) is 1. The average molecular weight is 279 g/mol. The monoisotopic (exact) mass is 278 g/mol. The molecule has 16 heavy (non-hydrogen) atoms. The number of nitrogens with zero attached hydrogens (tertiary/aromatic N) is 2. The van der Waals surface area contributed by atoms with Crippen molar-refractivity contribution < 1.29 is 0 Å². The van der Waals surface area contributed by atoms with Gasteiger partial charge in [0.05, 0.1) is 0 Å². The quantitative estimate of drug-likeness (QED) is 0.835. The molecule has 0 fully saturated rings. The zero-order valence-electron chi connectivity index (χ0n) is 9.52. The summed E-state index contributed by atoms with van der Waals surface area (Å²) in [5, 5.41) is 0. The summed E-state index contributed by atoms with van der Waals surface area (Å²) >= 11 is 3.49. The van der Waals surface area contributed by atoms with Gasteiger partial charge in [0.2, 0.25) is 0 Å². The molecular formula is C13H15BrN2. The SMILES string of the molecule is CC(C)n1ccnc1Cc1cccc(Br)c1. The first-order valence-corrected chi connectivity index (χ1v) is 6.22. The van der Waals surface area contributed by atoms with Crippen LogP contribution < -0.4 is 0 Å². The molecular weight excluding hydrogens is 264 g/mol. The van der Waals surface area contributed by atoms with Crippen molar-refractivity contribution in [1.82, 2.24) is 9.55 Å². The Bertz CT molecular complexity index is 474. The highest BCUT2D eigenvalue weighted by molar-refractivity contribution is 9.10. The van der Waals surface area contributed by atoms with Crippen LogP contribution in [-0.4, -0.2) is 9.55 Å². The average Bonchev–Trinajstić information content (AvgIpc) is 2.66. The van der Waals surface area contributed by atoms with E-state index < -0.39 is 0 Å². The highest BCUT2D eigenvalue weighted by Gasteiger charge is 2.06. The third-order valence-corrected chi connectivity index (χ3v) is 3.05. The van der Waals surface area contributed by atoms with E-state index in [9.17, 15) is 0 Å². The van der Waals surface area contributed by atoms with E-state index >= 15 is 0 Å². The molecule has 0 spiro atoms. The highest BCUT2D eigenvalue weighted by Crippen LogP contribution is 2.16. The van der Waals surface area contributed by atoms with Crippen molar-refractivity contribution in [3.05, 3.63) is 52.5 Å². The number of hydrogen-bond donors (Lipinski definition) is 0. The number of aromatic nitrogens is 2. The molecule has 1 aromatic heterocycles. The van der Waals surface area contributed by atoms with Crippen LogP contribution in [0.2, 0.25) is 0 Å². The Kier molecular flexibility index (Phi) is 3.44. The molecule has 0 atom stereocenters. The normalized spacial score (nSPS) is 11.0.